The fourth-order valence-corrected chi connectivity index (χ4v) is 4.65. The predicted octanol–water partition coefficient (Wildman–Crippen LogP) is 2.32. The van der Waals surface area contributed by atoms with Crippen molar-refractivity contribution < 1.29 is 23.1 Å². The van der Waals surface area contributed by atoms with E-state index >= 15 is 0 Å². The molecule has 1 aliphatic rings. The standard InChI is InChI=1S/C18H19NO5S/c1-24-12-15-4-2-3-5-17(15)25(22,23)19-10-16(11-19)13-6-8-14(9-7-13)18(20)21/h2-9,16H,10-12H2,1H3,(H,20,21). The summed E-state index contributed by atoms with van der Waals surface area (Å²) in [6, 6.07) is 13.4. The highest BCUT2D eigenvalue weighted by Gasteiger charge is 2.38. The molecule has 1 aliphatic heterocycles. The van der Waals surface area contributed by atoms with E-state index in [4.69, 9.17) is 9.84 Å². The van der Waals surface area contributed by atoms with Gasteiger partial charge in [-0.3, -0.25) is 0 Å². The van der Waals surface area contributed by atoms with Gasteiger partial charge in [0, 0.05) is 26.1 Å². The molecule has 1 N–H and O–H groups in total. The van der Waals surface area contributed by atoms with Crippen LogP contribution in [0, 0.1) is 0 Å². The van der Waals surface area contributed by atoms with E-state index in [0.717, 1.165) is 5.56 Å². The van der Waals surface area contributed by atoms with Crippen LogP contribution in [0.2, 0.25) is 0 Å². The highest BCUT2D eigenvalue weighted by molar-refractivity contribution is 7.89. The lowest BCUT2D eigenvalue weighted by Gasteiger charge is -2.38. The second kappa shape index (κ2) is 6.95. The summed E-state index contributed by atoms with van der Waals surface area (Å²) >= 11 is 0. The van der Waals surface area contributed by atoms with Crippen LogP contribution in [-0.4, -0.2) is 44.0 Å². The number of nitrogens with zero attached hydrogens (tertiary/aromatic N) is 1. The predicted molar refractivity (Wildman–Crippen MR) is 92.1 cm³/mol. The lowest BCUT2D eigenvalue weighted by molar-refractivity contribution is 0.0697. The Labute approximate surface area is 146 Å². The Kier molecular flexibility index (Phi) is 4.89. The third kappa shape index (κ3) is 3.44. The molecule has 3 rings (SSSR count). The quantitative estimate of drug-likeness (QED) is 0.854. The number of sulfonamides is 1. The molecule has 2 aromatic rings. The van der Waals surface area contributed by atoms with Crippen molar-refractivity contribution in [1.82, 2.24) is 4.31 Å². The first-order chi connectivity index (χ1) is 11.9. The lowest BCUT2D eigenvalue weighted by atomic mass is 9.93. The molecule has 132 valence electrons. The van der Waals surface area contributed by atoms with Crippen LogP contribution in [0.25, 0.3) is 0 Å². The van der Waals surface area contributed by atoms with Gasteiger partial charge >= 0.3 is 5.97 Å². The van der Waals surface area contributed by atoms with Crippen LogP contribution in [0.4, 0.5) is 0 Å². The van der Waals surface area contributed by atoms with Crippen LogP contribution in [0.5, 0.6) is 0 Å². The summed E-state index contributed by atoms with van der Waals surface area (Å²) in [6.45, 7) is 1.01. The van der Waals surface area contributed by atoms with Gasteiger partial charge in [-0.05, 0) is 29.3 Å². The average Bonchev–Trinajstić information content (AvgIpc) is 2.54. The van der Waals surface area contributed by atoms with Crippen LogP contribution in [0.3, 0.4) is 0 Å². The van der Waals surface area contributed by atoms with Crippen molar-refractivity contribution in [2.45, 2.75) is 17.4 Å². The van der Waals surface area contributed by atoms with Crippen LogP contribution in [0.1, 0.15) is 27.4 Å². The minimum Gasteiger partial charge on any atom is -0.478 e. The third-order valence-electron chi connectivity index (χ3n) is 4.37. The van der Waals surface area contributed by atoms with E-state index in [9.17, 15) is 13.2 Å². The molecule has 0 aliphatic carbocycles. The molecule has 0 unspecified atom stereocenters. The van der Waals surface area contributed by atoms with E-state index in [1.165, 1.54) is 11.4 Å². The molecule has 2 aromatic carbocycles. The van der Waals surface area contributed by atoms with Crippen molar-refractivity contribution in [3.05, 3.63) is 65.2 Å². The second-order valence-corrected chi connectivity index (χ2v) is 7.89. The van der Waals surface area contributed by atoms with Gasteiger partial charge in [0.15, 0.2) is 0 Å². The lowest BCUT2D eigenvalue weighted by Crippen LogP contribution is -2.48. The second-order valence-electron chi connectivity index (χ2n) is 5.99. The van der Waals surface area contributed by atoms with Crippen LogP contribution in [0.15, 0.2) is 53.4 Å². The Morgan fingerprint density at radius 1 is 1.16 bits per heavy atom. The summed E-state index contributed by atoms with van der Waals surface area (Å²) in [5.74, 6) is -0.897. The van der Waals surface area contributed by atoms with Crippen molar-refractivity contribution in [2.24, 2.45) is 0 Å². The molecule has 0 atom stereocenters. The number of rotatable bonds is 6. The van der Waals surface area contributed by atoms with Crippen molar-refractivity contribution in [2.75, 3.05) is 20.2 Å². The first-order valence-corrected chi connectivity index (χ1v) is 9.27. The summed E-state index contributed by atoms with van der Waals surface area (Å²) in [4.78, 5) is 11.2. The SMILES string of the molecule is COCc1ccccc1S(=O)(=O)N1CC(c2ccc(C(=O)O)cc2)C1. The van der Waals surface area contributed by atoms with Gasteiger partial charge in [-0.1, -0.05) is 30.3 Å². The minimum atomic E-state index is -3.56. The maximum atomic E-state index is 12.8. The maximum absolute atomic E-state index is 12.8. The van der Waals surface area contributed by atoms with Crippen LogP contribution < -0.4 is 0 Å². The van der Waals surface area contributed by atoms with Gasteiger partial charge in [0.05, 0.1) is 17.1 Å². The number of benzene rings is 2. The number of hydrogen-bond acceptors (Lipinski definition) is 4. The topological polar surface area (TPSA) is 83.9 Å². The fourth-order valence-electron chi connectivity index (χ4n) is 2.91. The highest BCUT2D eigenvalue weighted by atomic mass is 32.2. The molecule has 0 bridgehead atoms. The highest BCUT2D eigenvalue weighted by Crippen LogP contribution is 2.33. The van der Waals surface area contributed by atoms with Gasteiger partial charge in [-0.15, -0.1) is 0 Å². The molecule has 25 heavy (non-hydrogen) atoms. The smallest absolute Gasteiger partial charge is 0.335 e. The third-order valence-corrected chi connectivity index (χ3v) is 6.30. The summed E-state index contributed by atoms with van der Waals surface area (Å²) in [5, 5.41) is 8.93. The van der Waals surface area contributed by atoms with Gasteiger partial charge < -0.3 is 9.84 Å². The van der Waals surface area contributed by atoms with Crippen molar-refractivity contribution in [3.8, 4) is 0 Å². The van der Waals surface area contributed by atoms with Crippen molar-refractivity contribution >= 4 is 16.0 Å². The summed E-state index contributed by atoms with van der Waals surface area (Å²) in [6.07, 6.45) is 0. The first kappa shape index (κ1) is 17.6. The summed E-state index contributed by atoms with van der Waals surface area (Å²) < 4.78 is 32.2. The van der Waals surface area contributed by atoms with Gasteiger partial charge in [-0.25, -0.2) is 13.2 Å². The van der Waals surface area contributed by atoms with E-state index in [1.54, 1.807) is 48.5 Å². The molecule has 0 radical (unpaired) electrons. The van der Waals surface area contributed by atoms with E-state index in [0.29, 0.717) is 18.7 Å². The Balaban J connectivity index is 1.74. The number of hydrogen-bond donors (Lipinski definition) is 1. The number of carbonyl (C=O) groups is 1. The van der Waals surface area contributed by atoms with Gasteiger partial charge in [0.25, 0.3) is 0 Å². The average molecular weight is 361 g/mol. The van der Waals surface area contributed by atoms with Gasteiger partial charge in [-0.2, -0.15) is 4.31 Å². The van der Waals surface area contributed by atoms with E-state index in [2.05, 4.69) is 0 Å². The zero-order valence-electron chi connectivity index (χ0n) is 13.8. The number of methoxy groups -OCH3 is 1. The molecule has 0 saturated carbocycles. The molecule has 1 saturated heterocycles. The zero-order valence-corrected chi connectivity index (χ0v) is 14.6. The van der Waals surface area contributed by atoms with Crippen LogP contribution >= 0.6 is 0 Å². The summed E-state index contributed by atoms with van der Waals surface area (Å²) in [7, 11) is -2.03. The molecule has 0 aromatic heterocycles. The Morgan fingerprint density at radius 2 is 1.80 bits per heavy atom. The Morgan fingerprint density at radius 3 is 2.40 bits per heavy atom. The van der Waals surface area contributed by atoms with Crippen LogP contribution in [-0.2, 0) is 21.4 Å². The molecular formula is C18H19NO5S. The van der Waals surface area contributed by atoms with Gasteiger partial charge in [0.1, 0.15) is 0 Å². The molecular weight excluding hydrogens is 342 g/mol. The zero-order chi connectivity index (χ0) is 18.0. The van der Waals surface area contributed by atoms with E-state index in [1.807, 2.05) is 0 Å². The Hall–Kier alpha value is -2.22. The van der Waals surface area contributed by atoms with Crippen molar-refractivity contribution in [3.63, 3.8) is 0 Å². The number of carboxylic acids is 1. The van der Waals surface area contributed by atoms with Crippen molar-refractivity contribution in [1.29, 1.82) is 0 Å². The summed E-state index contributed by atoms with van der Waals surface area (Å²) in [5.41, 5.74) is 1.81. The number of carboxylic acid groups (broad SMARTS) is 1. The van der Waals surface area contributed by atoms with Gasteiger partial charge in [0.2, 0.25) is 10.0 Å². The van der Waals surface area contributed by atoms with E-state index in [-0.39, 0.29) is 23.0 Å². The normalized spacial score (nSPS) is 15.7. The van der Waals surface area contributed by atoms with E-state index < -0.39 is 16.0 Å². The maximum Gasteiger partial charge on any atom is 0.335 e. The largest absolute Gasteiger partial charge is 0.478 e. The molecule has 1 fully saturated rings. The Bertz CT molecular complexity index is 871. The number of aromatic carboxylic acids is 1. The molecule has 6 nitrogen and oxygen atoms in total. The monoisotopic (exact) mass is 361 g/mol. The first-order valence-electron chi connectivity index (χ1n) is 7.83. The molecule has 7 heteroatoms. The molecule has 0 spiro atoms. The number of ether oxygens (including phenoxy) is 1. The minimum absolute atomic E-state index is 0.0761. The molecule has 1 heterocycles. The molecule has 0 amide bonds. The fraction of sp³-hybridized carbons (Fsp3) is 0.278.